The van der Waals surface area contributed by atoms with Gasteiger partial charge in [0.25, 0.3) is 11.1 Å². The van der Waals surface area contributed by atoms with Gasteiger partial charge < -0.3 is 28.7 Å². The van der Waals surface area contributed by atoms with Crippen molar-refractivity contribution >= 4 is 35.3 Å². The summed E-state index contributed by atoms with van der Waals surface area (Å²) in [6.45, 7) is -19.6. The van der Waals surface area contributed by atoms with Crippen molar-refractivity contribution in [3.8, 4) is 22.3 Å². The minimum atomic E-state index is -5.27. The van der Waals surface area contributed by atoms with E-state index in [4.69, 9.17) is 38.4 Å². The van der Waals surface area contributed by atoms with Crippen molar-refractivity contribution < 1.29 is 94.1 Å². The predicted molar refractivity (Wildman–Crippen MR) is 363 cm³/mol. The Morgan fingerprint density at radius 3 is 1.33 bits per heavy atom. The van der Waals surface area contributed by atoms with Crippen LogP contribution in [0.3, 0.4) is 0 Å². The number of rotatable bonds is 26. The van der Waals surface area contributed by atoms with Gasteiger partial charge in [-0.05, 0) is 170 Å². The van der Waals surface area contributed by atoms with E-state index in [9.17, 15) is 60.5 Å². The van der Waals surface area contributed by atoms with Crippen LogP contribution in [0.15, 0.2) is 153 Å². The minimum Gasteiger partial charge on any atom is -0.336 e. The van der Waals surface area contributed by atoms with Gasteiger partial charge >= 0.3 is 12.4 Å². The van der Waals surface area contributed by atoms with Crippen LogP contribution in [0.25, 0.3) is 22.3 Å². The number of likely N-dealkylation sites (N-methyl/N-ethyl adjacent to an activating group) is 2. The van der Waals surface area contributed by atoms with Gasteiger partial charge in [0, 0.05) is 92.1 Å². The number of alkyl halides is 6. The number of nitrogens with zero attached hydrogens (tertiary/aromatic N) is 8. The fourth-order valence-corrected chi connectivity index (χ4v) is 10.5. The molecule has 0 bridgehead atoms. The van der Waals surface area contributed by atoms with E-state index in [-0.39, 0.29) is 82.6 Å². The number of carbonyl (C=O) groups excluding carboxylic acids is 2. The van der Waals surface area contributed by atoms with Crippen LogP contribution in [0.1, 0.15) is 157 Å². The van der Waals surface area contributed by atoms with Gasteiger partial charge in [-0.2, -0.15) is 36.3 Å². The second-order valence-electron chi connectivity index (χ2n) is 20.3. The smallest absolute Gasteiger partial charge is 0.336 e. The van der Waals surface area contributed by atoms with E-state index in [1.807, 2.05) is 0 Å². The Kier molecular flexibility index (Phi) is 13.1. The quantitative estimate of drug-likeness (QED) is 0.0295. The van der Waals surface area contributed by atoms with Gasteiger partial charge in [-0.15, -0.1) is 0 Å². The number of benzene rings is 6. The van der Waals surface area contributed by atoms with Gasteiger partial charge in [0.15, 0.2) is 10.3 Å². The molecule has 0 spiro atoms. The average Bonchev–Trinajstić information content (AvgIpc) is 1.52. The maximum Gasteiger partial charge on any atom is 0.416 e. The van der Waals surface area contributed by atoms with E-state index in [0.29, 0.717) is 18.2 Å². The number of thioether (sulfide) groups is 2. The van der Waals surface area contributed by atoms with E-state index in [1.54, 1.807) is 0 Å². The molecule has 12 nitrogen and oxygen atoms in total. The van der Waals surface area contributed by atoms with Gasteiger partial charge in [-0.1, -0.05) is 148 Å². The van der Waals surface area contributed by atoms with E-state index >= 15 is 4.79 Å². The molecule has 2 aliphatic rings. The van der Waals surface area contributed by atoms with E-state index in [1.165, 1.54) is 27.7 Å². The van der Waals surface area contributed by atoms with Crippen LogP contribution in [0, 0.1) is 25.5 Å². The molecule has 0 unspecified atom stereocenters. The van der Waals surface area contributed by atoms with Gasteiger partial charge in [0.1, 0.15) is 24.7 Å². The van der Waals surface area contributed by atoms with Gasteiger partial charge in [0.05, 0.1) is 41.3 Å². The third-order valence-electron chi connectivity index (χ3n) is 13.9. The van der Waals surface area contributed by atoms with E-state index < -0.39 is 296 Å². The first-order chi connectivity index (χ1) is 60.1. The second-order valence-corrected chi connectivity index (χ2v) is 21.9. The molecule has 0 aliphatic heterocycles. The summed E-state index contributed by atoms with van der Waals surface area (Å²) in [4.78, 5) is 65.4. The lowest BCUT2D eigenvalue weighted by Crippen LogP contribution is -2.40. The molecule has 22 heteroatoms. The van der Waals surface area contributed by atoms with Crippen molar-refractivity contribution in [2.75, 3.05) is 52.2 Å². The lowest BCUT2D eigenvalue weighted by Gasteiger charge is -2.28. The van der Waals surface area contributed by atoms with Crippen molar-refractivity contribution in [2.24, 2.45) is 0 Å². The maximum absolute atomic E-state index is 15.1. The van der Waals surface area contributed by atoms with Crippen molar-refractivity contribution in [1.82, 2.24) is 38.7 Å². The molecule has 0 N–H and O–H groups in total. The highest BCUT2D eigenvalue weighted by molar-refractivity contribution is 7.98. The summed E-state index contributed by atoms with van der Waals surface area (Å²) < 4.78 is 430. The standard InChI is InChI=1S/2C37H40F4N4O2S/c2*1-4-43(5-2)19-20-44(22-26-9-13-28(14-10-26)29-15-18-32(25(3)21-29)37(39,40)41)34(46)23-45-33-8-6-7-31(33)35(47)42-36(45)48-24-27-11-16-30(38)17-12-27/h2*9-18,21H,4-8,19-20,22-24H2,1-3H3/i6D2,7D2,8D2,9D,10D,13D,14D,15D,18D,19D2,20D2,21D,22D2,24D2;9D,10D,13D,14D,15D,18D,19D2,20D2,21D,22D2,24D2. The monoisotopic (exact) mass is 1400 g/mol. The molecule has 8 aromatic rings. The van der Waals surface area contributed by atoms with Crippen molar-refractivity contribution in [2.45, 2.75) is 140 Å². The Morgan fingerprint density at radius 1 is 0.531 bits per heavy atom. The zero-order valence-corrected chi connectivity index (χ0v) is 53.2. The highest BCUT2D eigenvalue weighted by Gasteiger charge is 2.34. The SMILES string of the molecule is [2H]c1c([2H])c(C([2H])([2H])N(C(=O)Cn2c(SC([2H])([2H])c3ccc(F)cc3)nc(=O)c3c2C([2H])([2H])C([2H])([2H])C3([2H])[2H])C([2H])([2H])C([2H])([2H])N(CC)CC)c([2H])c([2H])c1-c1c([2H])c([2H])c(C(F)(F)F)c(C)c1[2H].[2H]c1c([2H])c(C([2H])([2H])N(C(=O)Cn2c(SC([2H])([2H])c3ccc(F)cc3)nc(=O)c3c2CCC3)C([2H])([2H])C([2H])([2H])N(CC)CC)c([2H])c([2H])c1-c1c([2H])c([2H])c(C(F)(F)F)c(C)c1[2H]. The highest BCUT2D eigenvalue weighted by Crippen LogP contribution is 2.37. The van der Waals surface area contributed by atoms with Crippen LogP contribution >= 0.6 is 23.5 Å². The third-order valence-corrected chi connectivity index (χ3v) is 15.6. The highest BCUT2D eigenvalue weighted by atomic mass is 32.2. The second kappa shape index (κ2) is 32.9. The Hall–Kier alpha value is -7.92. The number of aromatic nitrogens is 4. The number of amides is 2. The molecule has 6 aromatic carbocycles. The molecule has 0 atom stereocenters. The fourth-order valence-electron chi connectivity index (χ4n) is 8.98. The molecule has 2 heterocycles. The molecule has 0 radical (unpaired) electrons. The zero-order chi connectivity index (χ0) is 101. The first-order valence-electron chi connectivity index (χ1n) is 47.0. The molecule has 96 heavy (non-hydrogen) atoms. The average molecular weight is 1400 g/mol. The van der Waals surface area contributed by atoms with Gasteiger partial charge in [0.2, 0.25) is 11.8 Å². The molecule has 2 aromatic heterocycles. The summed E-state index contributed by atoms with van der Waals surface area (Å²) in [7, 11) is 0. The normalized spacial score (nSPS) is 21.0. The number of carbonyl (C=O) groups is 2. The molecule has 508 valence electrons. The Labute approximate surface area is 614 Å². The summed E-state index contributed by atoms with van der Waals surface area (Å²) in [5.41, 5.74) is -22.8. The molecule has 0 fully saturated rings. The minimum absolute atomic E-state index is 0.0875. The summed E-state index contributed by atoms with van der Waals surface area (Å²) >= 11 is 0.220. The molecular formula is C74H80F8N8O4S2. The Bertz CT molecular complexity index is 5950. The van der Waals surface area contributed by atoms with Crippen LogP contribution in [0.2, 0.25) is 0 Å². The number of hydrogen-bond acceptors (Lipinski definition) is 10. The zero-order valence-electron chi connectivity index (χ0n) is 87.5. The van der Waals surface area contributed by atoms with Crippen molar-refractivity contribution in [1.29, 1.82) is 0 Å². The van der Waals surface area contributed by atoms with Crippen LogP contribution in [0.5, 0.6) is 0 Å². The third kappa shape index (κ3) is 18.8. The van der Waals surface area contributed by atoms with Crippen molar-refractivity contribution in [3.63, 3.8) is 0 Å². The summed E-state index contributed by atoms with van der Waals surface area (Å²) in [6, 6.07) is -11.2. The number of halogens is 8. The lowest BCUT2D eigenvalue weighted by molar-refractivity contribution is -0.138. The first kappa shape index (κ1) is 38.3. The van der Waals surface area contributed by atoms with Gasteiger partial charge in [-0.25, -0.2) is 8.78 Å². The molecule has 0 saturated carbocycles. The van der Waals surface area contributed by atoms with Crippen LogP contribution in [-0.4, -0.2) is 103 Å². The molecular weight excluding hydrogens is 1280 g/mol. The fraction of sp³-hybridized carbons (Fsp3) is 0.378. The Morgan fingerprint density at radius 2 is 0.927 bits per heavy atom. The topological polar surface area (TPSA) is 117 Å². The van der Waals surface area contributed by atoms with E-state index in [0.717, 1.165) is 76.7 Å². The predicted octanol–water partition coefficient (Wildman–Crippen LogP) is 15.1. The molecule has 0 saturated heterocycles. The molecule has 10 rings (SSSR count). The first-order valence-corrected chi connectivity index (χ1v) is 30.6. The molecule has 2 amide bonds. The number of fused-ring (bicyclic) bond motifs is 2. The summed E-state index contributed by atoms with van der Waals surface area (Å²) in [5.74, 6) is -5.17. The van der Waals surface area contributed by atoms with Crippen LogP contribution in [0.4, 0.5) is 35.1 Å². The van der Waals surface area contributed by atoms with Gasteiger partial charge in [-0.3, -0.25) is 19.2 Å². The Balaban J connectivity index is 0.000000298. The van der Waals surface area contributed by atoms with Crippen LogP contribution < -0.4 is 11.1 Å². The maximum atomic E-state index is 15.1. The summed E-state index contributed by atoms with van der Waals surface area (Å²) in [5, 5.41) is -1.51. The van der Waals surface area contributed by atoms with E-state index in [2.05, 4.69) is 9.97 Å². The van der Waals surface area contributed by atoms with Crippen LogP contribution in [-0.2, 0) is 85.0 Å². The lowest BCUT2D eigenvalue weighted by atomic mass is 9.98. The number of hydrogen-bond donors (Lipinski definition) is 0. The molecule has 2 aliphatic carbocycles. The largest absolute Gasteiger partial charge is 0.416 e. The van der Waals surface area contributed by atoms with Crippen molar-refractivity contribution in [3.05, 3.63) is 232 Å². The summed E-state index contributed by atoms with van der Waals surface area (Å²) in [6.07, 6.45) is -20.8.